The van der Waals surface area contributed by atoms with Crippen LogP contribution in [-0.4, -0.2) is 7.11 Å². The van der Waals surface area contributed by atoms with E-state index in [1.807, 2.05) is 64.1 Å². The third-order valence-electron chi connectivity index (χ3n) is 2.91. The maximum atomic E-state index is 5.82. The van der Waals surface area contributed by atoms with Crippen LogP contribution in [-0.2, 0) is 12.8 Å². The fraction of sp³-hybridized carbons (Fsp3) is 0.429. The Kier molecular flexibility index (Phi) is 17.5. The summed E-state index contributed by atoms with van der Waals surface area (Å²) in [5.74, 6) is 0.928. The molecule has 130 valence electrons. The van der Waals surface area contributed by atoms with Gasteiger partial charge in [-0.1, -0.05) is 83.5 Å². The topological polar surface area (TPSA) is 9.23 Å². The minimum absolute atomic E-state index is 0.875. The molecule has 0 aliphatic heterocycles. The standard InChI is InChI=1S/C9H12O.C8H9Cl.2C2H6/c1-3-8-4-6-9(10-2)7-5-8;1-2-7-5-3-4-6-8(7)9;2*1-2/h4-7H,3H2,1-2H3;3-6H,2H2,1H3;2*1-2H3. The van der Waals surface area contributed by atoms with Crippen molar-refractivity contribution in [1.29, 1.82) is 0 Å². The highest BCUT2D eigenvalue weighted by Gasteiger charge is 1.92. The maximum Gasteiger partial charge on any atom is 0.118 e. The summed E-state index contributed by atoms with van der Waals surface area (Å²) in [6.07, 6.45) is 2.10. The number of aryl methyl sites for hydroxylation is 2. The van der Waals surface area contributed by atoms with Crippen molar-refractivity contribution in [2.75, 3.05) is 7.11 Å². The fourth-order valence-corrected chi connectivity index (χ4v) is 1.92. The van der Waals surface area contributed by atoms with E-state index in [1.54, 1.807) is 7.11 Å². The number of rotatable bonds is 3. The second-order valence-corrected chi connectivity index (χ2v) is 4.55. The second kappa shape index (κ2) is 16.9. The smallest absolute Gasteiger partial charge is 0.118 e. The highest BCUT2D eigenvalue weighted by molar-refractivity contribution is 6.31. The molecule has 0 unspecified atom stereocenters. The van der Waals surface area contributed by atoms with E-state index in [0.717, 1.165) is 23.6 Å². The molecule has 0 atom stereocenters. The Labute approximate surface area is 148 Å². The molecule has 0 aliphatic carbocycles. The summed E-state index contributed by atoms with van der Waals surface area (Å²) >= 11 is 5.82. The third-order valence-corrected chi connectivity index (χ3v) is 3.27. The quantitative estimate of drug-likeness (QED) is 0.575. The van der Waals surface area contributed by atoms with E-state index in [4.69, 9.17) is 16.3 Å². The lowest BCUT2D eigenvalue weighted by Gasteiger charge is -1.99. The lowest BCUT2D eigenvalue weighted by atomic mass is 10.2. The molecule has 0 saturated heterocycles. The van der Waals surface area contributed by atoms with E-state index in [2.05, 4.69) is 26.0 Å². The molecule has 0 N–H and O–H groups in total. The van der Waals surface area contributed by atoms with Crippen LogP contribution in [0.15, 0.2) is 48.5 Å². The van der Waals surface area contributed by atoms with E-state index in [0.29, 0.717) is 0 Å². The Balaban J connectivity index is 0. The third kappa shape index (κ3) is 10.8. The molecule has 0 amide bonds. The molecule has 0 fully saturated rings. The van der Waals surface area contributed by atoms with Gasteiger partial charge in [-0.25, -0.2) is 0 Å². The molecule has 0 bridgehead atoms. The number of halogens is 1. The Morgan fingerprint density at radius 2 is 1.30 bits per heavy atom. The van der Waals surface area contributed by atoms with Crippen molar-refractivity contribution in [3.05, 3.63) is 64.7 Å². The summed E-state index contributed by atoms with van der Waals surface area (Å²) in [7, 11) is 1.68. The normalized spacial score (nSPS) is 8.35. The van der Waals surface area contributed by atoms with Crippen LogP contribution in [0.2, 0.25) is 5.02 Å². The first-order valence-electron chi connectivity index (χ1n) is 8.57. The van der Waals surface area contributed by atoms with Crippen molar-refractivity contribution in [1.82, 2.24) is 0 Å². The largest absolute Gasteiger partial charge is 0.497 e. The highest BCUT2D eigenvalue weighted by Crippen LogP contribution is 2.14. The van der Waals surface area contributed by atoms with Crippen LogP contribution in [0.3, 0.4) is 0 Å². The van der Waals surface area contributed by atoms with Crippen LogP contribution >= 0.6 is 11.6 Å². The maximum absolute atomic E-state index is 5.82. The minimum Gasteiger partial charge on any atom is -0.497 e. The van der Waals surface area contributed by atoms with Crippen molar-refractivity contribution in [3.63, 3.8) is 0 Å². The van der Waals surface area contributed by atoms with Crippen LogP contribution in [0.25, 0.3) is 0 Å². The molecule has 2 rings (SSSR count). The molecule has 2 aromatic carbocycles. The number of benzene rings is 2. The van der Waals surface area contributed by atoms with Crippen LogP contribution in [0.1, 0.15) is 52.7 Å². The Morgan fingerprint density at radius 1 is 0.783 bits per heavy atom. The number of hydrogen-bond donors (Lipinski definition) is 0. The van der Waals surface area contributed by atoms with Gasteiger partial charge in [-0.05, 0) is 42.2 Å². The first-order valence-corrected chi connectivity index (χ1v) is 8.95. The van der Waals surface area contributed by atoms with Gasteiger partial charge >= 0.3 is 0 Å². The SMILES string of the molecule is CC.CC.CCc1ccc(OC)cc1.CCc1ccccc1Cl. The van der Waals surface area contributed by atoms with E-state index in [9.17, 15) is 0 Å². The predicted octanol–water partition coefficient (Wildman–Crippen LogP) is 7.21. The monoisotopic (exact) mass is 336 g/mol. The van der Waals surface area contributed by atoms with Crippen molar-refractivity contribution in [2.24, 2.45) is 0 Å². The van der Waals surface area contributed by atoms with Gasteiger partial charge < -0.3 is 4.74 Å². The average molecular weight is 337 g/mol. The molecule has 2 aromatic rings. The summed E-state index contributed by atoms with van der Waals surface area (Å²) in [6, 6.07) is 16.0. The molecule has 0 aliphatic rings. The molecule has 0 aromatic heterocycles. The number of methoxy groups -OCH3 is 1. The predicted molar refractivity (Wildman–Crippen MR) is 106 cm³/mol. The van der Waals surface area contributed by atoms with E-state index >= 15 is 0 Å². The van der Waals surface area contributed by atoms with Gasteiger partial charge in [0.1, 0.15) is 5.75 Å². The Morgan fingerprint density at radius 3 is 1.65 bits per heavy atom. The molecule has 0 spiro atoms. The van der Waals surface area contributed by atoms with E-state index in [1.165, 1.54) is 11.1 Å². The lowest BCUT2D eigenvalue weighted by Crippen LogP contribution is -1.83. The summed E-state index contributed by atoms with van der Waals surface area (Å²) in [5.41, 5.74) is 2.57. The van der Waals surface area contributed by atoms with Gasteiger partial charge in [0.15, 0.2) is 0 Å². The zero-order valence-corrected chi connectivity index (χ0v) is 16.6. The van der Waals surface area contributed by atoms with Gasteiger partial charge in [0.2, 0.25) is 0 Å². The van der Waals surface area contributed by atoms with Crippen LogP contribution in [0.4, 0.5) is 0 Å². The van der Waals surface area contributed by atoms with Gasteiger partial charge in [0.05, 0.1) is 7.11 Å². The molecule has 1 nitrogen and oxygen atoms in total. The average Bonchev–Trinajstić information content (AvgIpc) is 2.66. The summed E-state index contributed by atoms with van der Waals surface area (Å²) in [4.78, 5) is 0. The lowest BCUT2D eigenvalue weighted by molar-refractivity contribution is 0.414. The zero-order chi connectivity index (χ0) is 18.1. The van der Waals surface area contributed by atoms with Gasteiger partial charge in [0, 0.05) is 5.02 Å². The molecular formula is C21H33ClO. The summed E-state index contributed by atoms with van der Waals surface area (Å²) in [6.45, 7) is 12.2. The second-order valence-electron chi connectivity index (χ2n) is 4.15. The summed E-state index contributed by atoms with van der Waals surface area (Å²) in [5, 5.41) is 0.875. The van der Waals surface area contributed by atoms with E-state index in [-0.39, 0.29) is 0 Å². The van der Waals surface area contributed by atoms with Gasteiger partial charge in [0.25, 0.3) is 0 Å². The summed E-state index contributed by atoms with van der Waals surface area (Å²) < 4.78 is 5.01. The van der Waals surface area contributed by atoms with Crippen molar-refractivity contribution >= 4 is 11.6 Å². The Hall–Kier alpha value is -1.47. The number of hydrogen-bond acceptors (Lipinski definition) is 1. The van der Waals surface area contributed by atoms with Crippen molar-refractivity contribution in [3.8, 4) is 5.75 Å². The molecule has 23 heavy (non-hydrogen) atoms. The molecular weight excluding hydrogens is 304 g/mol. The van der Waals surface area contributed by atoms with Gasteiger partial charge in [-0.3, -0.25) is 0 Å². The molecule has 0 heterocycles. The fourth-order valence-electron chi connectivity index (χ4n) is 1.65. The molecule has 0 radical (unpaired) electrons. The van der Waals surface area contributed by atoms with Gasteiger partial charge in [-0.15, -0.1) is 0 Å². The van der Waals surface area contributed by atoms with Crippen LogP contribution < -0.4 is 4.74 Å². The van der Waals surface area contributed by atoms with Crippen LogP contribution in [0, 0.1) is 0 Å². The first-order chi connectivity index (χ1) is 11.2. The number of ether oxygens (including phenoxy) is 1. The zero-order valence-electron chi connectivity index (χ0n) is 15.8. The van der Waals surface area contributed by atoms with Crippen molar-refractivity contribution in [2.45, 2.75) is 54.4 Å². The molecule has 2 heteroatoms. The van der Waals surface area contributed by atoms with Gasteiger partial charge in [-0.2, -0.15) is 0 Å². The highest BCUT2D eigenvalue weighted by atomic mass is 35.5. The van der Waals surface area contributed by atoms with Crippen molar-refractivity contribution < 1.29 is 4.74 Å². The van der Waals surface area contributed by atoms with Crippen LogP contribution in [0.5, 0.6) is 5.75 Å². The van der Waals surface area contributed by atoms with E-state index < -0.39 is 0 Å². The Bertz CT molecular complexity index is 454. The molecule has 0 saturated carbocycles. The minimum atomic E-state index is 0.875. The first kappa shape index (κ1) is 23.8.